The van der Waals surface area contributed by atoms with E-state index in [9.17, 15) is 0 Å². The fourth-order valence-electron chi connectivity index (χ4n) is 9.03. The molecule has 40 heavy (non-hydrogen) atoms. The van der Waals surface area contributed by atoms with E-state index in [0.717, 1.165) is 34.6 Å². The quantitative estimate of drug-likeness (QED) is 0.384. The van der Waals surface area contributed by atoms with E-state index in [1.807, 2.05) is 6.07 Å². The predicted octanol–water partition coefficient (Wildman–Crippen LogP) is 10.1. The van der Waals surface area contributed by atoms with Gasteiger partial charge in [-0.2, -0.15) is 0 Å². The lowest BCUT2D eigenvalue weighted by Crippen LogP contribution is -2.57. The molecule has 0 spiro atoms. The third-order valence-corrected chi connectivity index (χ3v) is 11.4. The molecule has 0 amide bonds. The largest absolute Gasteiger partial charge is 0.454 e. The smallest absolute Gasteiger partial charge is 0.231 e. The van der Waals surface area contributed by atoms with Crippen molar-refractivity contribution in [3.8, 4) is 11.5 Å². The molecule has 4 aliphatic rings. The number of hydrogen-bond acceptors (Lipinski definition) is 2. The van der Waals surface area contributed by atoms with Crippen LogP contribution in [0, 0.1) is 29.1 Å². The number of aryl methyl sites for hydroxylation is 1. The standard InChI is InChI=1S/C38H42O2/c1-21(2)33-23(4)19-36(9)27(8)37(10)30(17-28-15-16-31-32(18-28)40-20-39-31)29-14-12-13-22(3)34(29)24(5)35(37)26(7)38(36,11)25(33)6/h12-18,27H,1,5-6,19-20H2,2-4,7-11H3/b30-17+/t27-,36-,37-,38+/m0/s1. The zero-order valence-corrected chi connectivity index (χ0v) is 25.5. The van der Waals surface area contributed by atoms with Crippen LogP contribution in [-0.2, 0) is 0 Å². The molecule has 206 valence electrons. The first kappa shape index (κ1) is 26.7. The van der Waals surface area contributed by atoms with Gasteiger partial charge in [0.25, 0.3) is 0 Å². The molecule has 4 atom stereocenters. The van der Waals surface area contributed by atoms with Crippen LogP contribution >= 0.6 is 0 Å². The van der Waals surface area contributed by atoms with E-state index in [-0.39, 0.29) is 23.0 Å². The number of fused-ring (bicyclic) bond motifs is 4. The van der Waals surface area contributed by atoms with Gasteiger partial charge in [0, 0.05) is 10.8 Å². The second-order valence-corrected chi connectivity index (χ2v) is 13.2. The minimum Gasteiger partial charge on any atom is -0.454 e. The molecule has 0 saturated heterocycles. The summed E-state index contributed by atoms with van der Waals surface area (Å²) >= 11 is 0. The molecule has 0 N–H and O–H groups in total. The third kappa shape index (κ3) is 3.11. The summed E-state index contributed by atoms with van der Waals surface area (Å²) in [7, 11) is 0. The van der Waals surface area contributed by atoms with Crippen LogP contribution < -0.4 is 9.47 Å². The zero-order valence-electron chi connectivity index (χ0n) is 25.5. The summed E-state index contributed by atoms with van der Waals surface area (Å²) in [5.41, 5.74) is 14.6. The highest BCUT2D eigenvalue weighted by Crippen LogP contribution is 2.74. The van der Waals surface area contributed by atoms with Crippen molar-refractivity contribution in [3.05, 3.63) is 112 Å². The van der Waals surface area contributed by atoms with Crippen molar-refractivity contribution in [2.45, 2.75) is 61.8 Å². The fraction of sp³-hybridized carbons (Fsp3) is 0.368. The first-order chi connectivity index (χ1) is 18.8. The average Bonchev–Trinajstić information content (AvgIpc) is 3.36. The van der Waals surface area contributed by atoms with Gasteiger partial charge in [-0.3, -0.25) is 0 Å². The molecule has 0 bridgehead atoms. The Morgan fingerprint density at radius 3 is 2.40 bits per heavy atom. The van der Waals surface area contributed by atoms with Crippen LogP contribution in [0.3, 0.4) is 0 Å². The number of ether oxygens (including phenoxy) is 2. The summed E-state index contributed by atoms with van der Waals surface area (Å²) in [5, 5.41) is 0. The Balaban J connectivity index is 1.69. The van der Waals surface area contributed by atoms with E-state index in [0.29, 0.717) is 5.92 Å². The third-order valence-electron chi connectivity index (χ3n) is 11.4. The second kappa shape index (κ2) is 8.49. The molecule has 0 radical (unpaired) electrons. The first-order valence-corrected chi connectivity index (χ1v) is 14.5. The Labute approximate surface area is 240 Å². The second-order valence-electron chi connectivity index (χ2n) is 13.2. The molecule has 0 fully saturated rings. The Morgan fingerprint density at radius 1 is 1.00 bits per heavy atom. The van der Waals surface area contributed by atoms with Crippen molar-refractivity contribution in [1.29, 1.82) is 0 Å². The lowest BCUT2D eigenvalue weighted by Gasteiger charge is -2.66. The van der Waals surface area contributed by atoms with Crippen molar-refractivity contribution in [2.75, 3.05) is 6.79 Å². The Kier molecular flexibility index (Phi) is 5.67. The lowest BCUT2D eigenvalue weighted by molar-refractivity contribution is 0.00638. The van der Waals surface area contributed by atoms with Gasteiger partial charge in [0.2, 0.25) is 6.79 Å². The summed E-state index contributed by atoms with van der Waals surface area (Å²) in [4.78, 5) is 0. The van der Waals surface area contributed by atoms with Crippen molar-refractivity contribution in [1.82, 2.24) is 0 Å². The van der Waals surface area contributed by atoms with Crippen molar-refractivity contribution < 1.29 is 9.47 Å². The van der Waals surface area contributed by atoms with Gasteiger partial charge < -0.3 is 9.47 Å². The van der Waals surface area contributed by atoms with Gasteiger partial charge in [-0.1, -0.05) is 94.5 Å². The lowest BCUT2D eigenvalue weighted by atomic mass is 9.37. The van der Waals surface area contributed by atoms with Gasteiger partial charge >= 0.3 is 0 Å². The molecule has 1 heterocycles. The predicted molar refractivity (Wildman–Crippen MR) is 168 cm³/mol. The van der Waals surface area contributed by atoms with Crippen LogP contribution in [0.15, 0.2) is 89.6 Å². The molecule has 1 aliphatic heterocycles. The minimum atomic E-state index is -0.256. The van der Waals surface area contributed by atoms with Crippen LogP contribution in [-0.4, -0.2) is 6.79 Å². The molecular formula is C38H42O2. The van der Waals surface area contributed by atoms with Crippen LogP contribution in [0.5, 0.6) is 11.5 Å². The first-order valence-electron chi connectivity index (χ1n) is 14.5. The zero-order chi connectivity index (χ0) is 28.9. The number of hydrogen-bond donors (Lipinski definition) is 0. The normalized spacial score (nSPS) is 31.8. The summed E-state index contributed by atoms with van der Waals surface area (Å²) in [6, 6.07) is 13.0. The monoisotopic (exact) mass is 530 g/mol. The van der Waals surface area contributed by atoms with E-state index in [1.54, 1.807) is 0 Å². The molecule has 2 nitrogen and oxygen atoms in total. The van der Waals surface area contributed by atoms with Crippen LogP contribution in [0.4, 0.5) is 0 Å². The summed E-state index contributed by atoms with van der Waals surface area (Å²) in [5.74, 6) is 1.92. The van der Waals surface area contributed by atoms with Crippen molar-refractivity contribution in [3.63, 3.8) is 0 Å². The van der Waals surface area contributed by atoms with E-state index < -0.39 is 0 Å². The molecule has 3 aliphatic carbocycles. The van der Waals surface area contributed by atoms with E-state index in [2.05, 4.69) is 98.4 Å². The maximum atomic E-state index is 5.76. The van der Waals surface area contributed by atoms with Crippen molar-refractivity contribution >= 4 is 17.2 Å². The summed E-state index contributed by atoms with van der Waals surface area (Å²) in [6.45, 7) is 33.1. The molecule has 0 saturated carbocycles. The van der Waals surface area contributed by atoms with Gasteiger partial charge in [0.1, 0.15) is 0 Å². The Bertz CT molecular complexity index is 1640. The number of benzene rings is 2. The molecule has 0 aromatic heterocycles. The Morgan fingerprint density at radius 2 is 1.70 bits per heavy atom. The number of allylic oxidation sites excluding steroid dienone is 8. The van der Waals surface area contributed by atoms with Crippen molar-refractivity contribution in [2.24, 2.45) is 22.2 Å². The minimum absolute atomic E-state index is 0.0506. The maximum Gasteiger partial charge on any atom is 0.231 e. The molecular weight excluding hydrogens is 488 g/mol. The summed E-state index contributed by atoms with van der Waals surface area (Å²) < 4.78 is 11.4. The average molecular weight is 531 g/mol. The Hall–Kier alpha value is -3.52. The van der Waals surface area contributed by atoms with E-state index in [1.165, 1.54) is 50.1 Å². The molecule has 2 aromatic carbocycles. The fourth-order valence-corrected chi connectivity index (χ4v) is 9.03. The van der Waals surface area contributed by atoms with Gasteiger partial charge in [-0.15, -0.1) is 0 Å². The van der Waals surface area contributed by atoms with Gasteiger partial charge in [0.15, 0.2) is 11.5 Å². The molecule has 2 aromatic rings. The van der Waals surface area contributed by atoms with Crippen LogP contribution in [0.25, 0.3) is 17.2 Å². The van der Waals surface area contributed by atoms with Gasteiger partial charge in [-0.05, 0) is 108 Å². The SMILES string of the molecule is C=C(C)C1=C(C)C[C@@]2(C)[C@H](C)[C@]3(C)C(=C(C)[C@@]2(C)C1=C)C(=C)c1c(C)cccc1/C3=C\c1ccc2c(c1)OCO2. The number of rotatable bonds is 2. The molecule has 2 heteroatoms. The summed E-state index contributed by atoms with van der Waals surface area (Å²) in [6.07, 6.45) is 3.40. The molecule has 0 unspecified atom stereocenters. The maximum absolute atomic E-state index is 5.76. The van der Waals surface area contributed by atoms with Crippen LogP contribution in [0.1, 0.15) is 77.1 Å². The molecule has 6 rings (SSSR count). The topological polar surface area (TPSA) is 18.5 Å². The van der Waals surface area contributed by atoms with E-state index in [4.69, 9.17) is 22.6 Å². The highest BCUT2D eigenvalue weighted by atomic mass is 16.7. The van der Waals surface area contributed by atoms with Crippen LogP contribution in [0.2, 0.25) is 0 Å². The highest BCUT2D eigenvalue weighted by molar-refractivity contribution is 6.02. The van der Waals surface area contributed by atoms with E-state index >= 15 is 0 Å². The van der Waals surface area contributed by atoms with Gasteiger partial charge in [-0.25, -0.2) is 0 Å². The van der Waals surface area contributed by atoms with Gasteiger partial charge in [0.05, 0.1) is 0 Å². The highest BCUT2D eigenvalue weighted by Gasteiger charge is 2.64.